The molecule has 0 aliphatic heterocycles. The number of hydrogen-bond acceptors (Lipinski definition) is 6. The highest BCUT2D eigenvalue weighted by atomic mass is 79.9. The van der Waals surface area contributed by atoms with Crippen LogP contribution in [0.4, 0.5) is 5.69 Å². The summed E-state index contributed by atoms with van der Waals surface area (Å²) in [7, 11) is 0. The number of nitrogens with one attached hydrogen (secondary N) is 1. The van der Waals surface area contributed by atoms with Crippen LogP contribution in [-0.2, 0) is 0 Å². The molecule has 8 nitrogen and oxygen atoms in total. The Morgan fingerprint density at radius 3 is 2.70 bits per heavy atom. The lowest BCUT2D eigenvalue weighted by molar-refractivity contribution is 0.102. The first kappa shape index (κ1) is 18.2. The van der Waals surface area contributed by atoms with Crippen molar-refractivity contribution in [2.45, 2.75) is 0 Å². The van der Waals surface area contributed by atoms with E-state index in [9.17, 15) is 9.59 Å². The van der Waals surface area contributed by atoms with Gasteiger partial charge in [0, 0.05) is 21.1 Å². The molecule has 0 atom stereocenters. The van der Waals surface area contributed by atoms with Crippen LogP contribution < -0.4 is 10.9 Å². The molecule has 0 radical (unpaired) electrons. The number of hydrogen-bond donors (Lipinski definition) is 1. The third kappa shape index (κ3) is 3.35. The van der Waals surface area contributed by atoms with Crippen molar-refractivity contribution in [3.8, 4) is 11.3 Å². The molecule has 146 valence electrons. The number of benzene rings is 2. The smallest absolute Gasteiger partial charge is 0.349 e. The zero-order chi connectivity index (χ0) is 20.7. The van der Waals surface area contributed by atoms with Crippen molar-refractivity contribution in [3.63, 3.8) is 0 Å². The lowest BCUT2D eigenvalue weighted by atomic mass is 10.1. The maximum absolute atomic E-state index is 12.6. The van der Waals surface area contributed by atoms with Crippen molar-refractivity contribution in [2.75, 3.05) is 5.32 Å². The molecule has 0 fully saturated rings. The van der Waals surface area contributed by atoms with E-state index in [1.165, 1.54) is 12.4 Å². The summed E-state index contributed by atoms with van der Waals surface area (Å²) in [6, 6.07) is 17.5. The summed E-state index contributed by atoms with van der Waals surface area (Å²) in [6.45, 7) is 0. The highest BCUT2D eigenvalue weighted by Crippen LogP contribution is 2.22. The third-order valence-electron chi connectivity index (χ3n) is 4.54. The summed E-state index contributed by atoms with van der Waals surface area (Å²) >= 11 is 3.37. The van der Waals surface area contributed by atoms with Gasteiger partial charge in [-0.05, 0) is 48.5 Å². The molecule has 0 saturated heterocycles. The maximum atomic E-state index is 12.6. The third-order valence-corrected chi connectivity index (χ3v) is 5.03. The first-order valence-corrected chi connectivity index (χ1v) is 9.68. The number of carbonyl (C=O) groups excluding carboxylic acids is 1. The molecule has 5 aromatic rings. The maximum Gasteiger partial charge on any atom is 0.349 e. The number of rotatable bonds is 3. The minimum absolute atomic E-state index is 0.0654. The lowest BCUT2D eigenvalue weighted by Gasteiger charge is -2.07. The Labute approximate surface area is 177 Å². The molecule has 1 amide bonds. The van der Waals surface area contributed by atoms with Crippen LogP contribution in [-0.4, -0.2) is 25.7 Å². The summed E-state index contributed by atoms with van der Waals surface area (Å²) in [4.78, 5) is 24.8. The summed E-state index contributed by atoms with van der Waals surface area (Å²) in [6.07, 6.45) is 1.53. The molecule has 30 heavy (non-hydrogen) atoms. The Morgan fingerprint density at radius 2 is 1.87 bits per heavy atom. The van der Waals surface area contributed by atoms with E-state index in [1.54, 1.807) is 34.8 Å². The van der Waals surface area contributed by atoms with Gasteiger partial charge in [0.25, 0.3) is 5.91 Å². The molecule has 0 spiro atoms. The van der Waals surface area contributed by atoms with Gasteiger partial charge in [-0.2, -0.15) is 9.61 Å². The average molecular weight is 462 g/mol. The summed E-state index contributed by atoms with van der Waals surface area (Å²) in [5.74, 6) is -0.539. The molecule has 5 rings (SSSR count). The zero-order valence-electron chi connectivity index (χ0n) is 15.2. The second-order valence-electron chi connectivity index (χ2n) is 6.51. The van der Waals surface area contributed by atoms with Gasteiger partial charge < -0.3 is 9.73 Å². The fourth-order valence-corrected chi connectivity index (χ4v) is 3.44. The molecule has 9 heteroatoms. The predicted octanol–water partition coefficient (Wildman–Crippen LogP) is 3.91. The molecule has 3 heterocycles. The largest absolute Gasteiger partial charge is 0.422 e. The highest BCUT2D eigenvalue weighted by Gasteiger charge is 2.14. The van der Waals surface area contributed by atoms with E-state index in [-0.39, 0.29) is 5.56 Å². The van der Waals surface area contributed by atoms with Crippen LogP contribution >= 0.6 is 15.9 Å². The van der Waals surface area contributed by atoms with Gasteiger partial charge in [0.2, 0.25) is 0 Å². The minimum Gasteiger partial charge on any atom is -0.422 e. The topological polar surface area (TPSA) is 102 Å². The molecule has 0 saturated carbocycles. The summed E-state index contributed by atoms with van der Waals surface area (Å²) in [5, 5.41) is 15.6. The van der Waals surface area contributed by atoms with Crippen molar-refractivity contribution in [1.29, 1.82) is 0 Å². The molecule has 1 N–H and O–H groups in total. The van der Waals surface area contributed by atoms with Gasteiger partial charge in [-0.15, -0.1) is 10.2 Å². The highest BCUT2D eigenvalue weighted by molar-refractivity contribution is 9.10. The van der Waals surface area contributed by atoms with Crippen molar-refractivity contribution in [3.05, 3.63) is 87.4 Å². The van der Waals surface area contributed by atoms with Crippen LogP contribution in [0.1, 0.15) is 10.4 Å². The van der Waals surface area contributed by atoms with Gasteiger partial charge >= 0.3 is 5.63 Å². The van der Waals surface area contributed by atoms with Crippen molar-refractivity contribution >= 4 is 44.1 Å². The fraction of sp³-hybridized carbons (Fsp3) is 0. The lowest BCUT2D eigenvalue weighted by Crippen LogP contribution is -2.20. The summed E-state index contributed by atoms with van der Waals surface area (Å²) in [5.41, 5.74) is 2.46. The Bertz CT molecular complexity index is 1470. The number of halogens is 1. The normalized spacial score (nSPS) is 11.1. The van der Waals surface area contributed by atoms with E-state index in [0.29, 0.717) is 22.3 Å². The Hall–Kier alpha value is -3.85. The Kier molecular flexibility index (Phi) is 4.36. The number of anilines is 1. The van der Waals surface area contributed by atoms with Crippen LogP contribution in [0.5, 0.6) is 0 Å². The van der Waals surface area contributed by atoms with Crippen LogP contribution in [0.2, 0.25) is 0 Å². The van der Waals surface area contributed by atoms with Crippen molar-refractivity contribution in [1.82, 2.24) is 19.8 Å². The molecule has 3 aromatic heterocycles. The minimum atomic E-state index is -0.689. The summed E-state index contributed by atoms with van der Waals surface area (Å²) < 4.78 is 7.66. The van der Waals surface area contributed by atoms with Gasteiger partial charge in [-0.25, -0.2) is 4.79 Å². The number of aromatic nitrogens is 4. The monoisotopic (exact) mass is 461 g/mol. The van der Waals surface area contributed by atoms with E-state index in [2.05, 4.69) is 36.5 Å². The molecule has 0 aliphatic carbocycles. The molecule has 2 aromatic carbocycles. The first-order valence-electron chi connectivity index (χ1n) is 8.89. The Balaban J connectivity index is 1.40. The SMILES string of the molecule is O=C(Nc1ccc(-c2ccc3nncn3n2)cc1)c1cc2cc(Br)ccc2oc1=O. The molecule has 0 bridgehead atoms. The number of nitrogens with zero attached hydrogens (tertiary/aromatic N) is 4. The molecule has 0 aliphatic rings. The van der Waals surface area contributed by atoms with Crippen molar-refractivity contribution in [2.24, 2.45) is 0 Å². The van der Waals surface area contributed by atoms with E-state index < -0.39 is 11.5 Å². The molecular weight excluding hydrogens is 450 g/mol. The predicted molar refractivity (Wildman–Crippen MR) is 114 cm³/mol. The van der Waals surface area contributed by atoms with Crippen LogP contribution in [0.15, 0.2) is 80.7 Å². The van der Waals surface area contributed by atoms with Crippen LogP contribution in [0.3, 0.4) is 0 Å². The number of fused-ring (bicyclic) bond motifs is 2. The zero-order valence-corrected chi connectivity index (χ0v) is 16.8. The Morgan fingerprint density at radius 1 is 1.03 bits per heavy atom. The van der Waals surface area contributed by atoms with Gasteiger partial charge in [0.15, 0.2) is 5.65 Å². The second-order valence-corrected chi connectivity index (χ2v) is 7.43. The van der Waals surface area contributed by atoms with Gasteiger partial charge in [0.05, 0.1) is 5.69 Å². The average Bonchev–Trinajstić information content (AvgIpc) is 3.22. The first-order chi connectivity index (χ1) is 14.6. The second kappa shape index (κ2) is 7.20. The number of carbonyl (C=O) groups is 1. The number of amides is 1. The van der Waals surface area contributed by atoms with Gasteiger partial charge in [-0.3, -0.25) is 4.79 Å². The van der Waals surface area contributed by atoms with E-state index in [0.717, 1.165) is 15.7 Å². The van der Waals surface area contributed by atoms with E-state index >= 15 is 0 Å². The van der Waals surface area contributed by atoms with Gasteiger partial charge in [-0.1, -0.05) is 28.1 Å². The van der Waals surface area contributed by atoms with Gasteiger partial charge in [0.1, 0.15) is 17.5 Å². The van der Waals surface area contributed by atoms with E-state index in [4.69, 9.17) is 4.42 Å². The van der Waals surface area contributed by atoms with Crippen LogP contribution in [0.25, 0.3) is 27.9 Å². The molecule has 0 unspecified atom stereocenters. The van der Waals surface area contributed by atoms with E-state index in [1.807, 2.05) is 24.3 Å². The van der Waals surface area contributed by atoms with Crippen molar-refractivity contribution < 1.29 is 9.21 Å². The quantitative estimate of drug-likeness (QED) is 0.408. The van der Waals surface area contributed by atoms with Crippen LogP contribution in [0, 0.1) is 0 Å². The standard InChI is InChI=1S/C21H12BrN5O3/c22-14-3-7-18-13(9-14)10-16(21(29)30-18)20(28)24-15-4-1-12(2-5-15)17-6-8-19-25-23-11-27(19)26-17/h1-11H,(H,24,28). The molecular formula is C21H12BrN5O3. The fourth-order valence-electron chi connectivity index (χ4n) is 3.06.